The monoisotopic (exact) mass is 308 g/mol. The first kappa shape index (κ1) is 16.7. The molecule has 2 heterocycles. The highest BCUT2D eigenvalue weighted by atomic mass is 16.5. The number of nitrogens with zero attached hydrogens (tertiary/aromatic N) is 4. The van der Waals surface area contributed by atoms with Crippen molar-refractivity contribution in [2.75, 3.05) is 41.8 Å². The van der Waals surface area contributed by atoms with Crippen LogP contribution in [0.15, 0.2) is 0 Å². The van der Waals surface area contributed by atoms with Gasteiger partial charge >= 0.3 is 0 Å². The Morgan fingerprint density at radius 2 is 1.77 bits per heavy atom. The summed E-state index contributed by atoms with van der Waals surface area (Å²) in [6, 6.07) is 0.322. The minimum atomic E-state index is -0.0999. The van der Waals surface area contributed by atoms with Crippen LogP contribution in [0.5, 0.6) is 0 Å². The fraction of sp³-hybridized carbons (Fsp3) is 0.800. The smallest absolute Gasteiger partial charge is 0.232 e. The van der Waals surface area contributed by atoms with E-state index < -0.39 is 0 Å². The van der Waals surface area contributed by atoms with E-state index in [0.29, 0.717) is 37.1 Å². The van der Waals surface area contributed by atoms with Crippen LogP contribution in [0, 0.1) is 0 Å². The van der Waals surface area contributed by atoms with E-state index in [0.717, 1.165) is 19.5 Å². The van der Waals surface area contributed by atoms with Gasteiger partial charge in [-0.1, -0.05) is 6.92 Å². The van der Waals surface area contributed by atoms with E-state index in [1.807, 2.05) is 0 Å². The number of hydrogen-bond donors (Lipinski definition) is 2. The topological polar surface area (TPSA) is 75.2 Å². The highest BCUT2D eigenvalue weighted by Gasteiger charge is 2.19. The Hall–Kier alpha value is -1.63. The molecule has 124 valence electrons. The molecule has 1 aromatic rings. The third-order valence-corrected chi connectivity index (χ3v) is 3.39. The molecule has 2 rings (SSSR count). The van der Waals surface area contributed by atoms with Crippen LogP contribution in [0.1, 0.15) is 41.0 Å². The second-order valence-electron chi connectivity index (χ2n) is 6.71. The molecule has 1 fully saturated rings. The van der Waals surface area contributed by atoms with Gasteiger partial charge in [0.05, 0.1) is 13.2 Å². The lowest BCUT2D eigenvalue weighted by molar-refractivity contribution is 0.122. The third kappa shape index (κ3) is 4.98. The zero-order valence-electron chi connectivity index (χ0n) is 14.3. The van der Waals surface area contributed by atoms with Crippen molar-refractivity contribution in [3.63, 3.8) is 0 Å². The Kier molecular flexibility index (Phi) is 5.39. The van der Waals surface area contributed by atoms with Crippen molar-refractivity contribution in [2.24, 2.45) is 0 Å². The second-order valence-corrected chi connectivity index (χ2v) is 6.71. The fourth-order valence-electron chi connectivity index (χ4n) is 2.05. The van der Waals surface area contributed by atoms with E-state index in [2.05, 4.69) is 65.1 Å². The first-order valence-electron chi connectivity index (χ1n) is 8.01. The van der Waals surface area contributed by atoms with Gasteiger partial charge < -0.3 is 20.3 Å². The van der Waals surface area contributed by atoms with Gasteiger partial charge in [-0.05, 0) is 34.1 Å². The van der Waals surface area contributed by atoms with Crippen molar-refractivity contribution in [1.82, 2.24) is 15.0 Å². The molecule has 0 spiro atoms. The molecular weight excluding hydrogens is 280 g/mol. The summed E-state index contributed by atoms with van der Waals surface area (Å²) < 4.78 is 5.40. The summed E-state index contributed by atoms with van der Waals surface area (Å²) in [5, 5.41) is 6.67. The van der Waals surface area contributed by atoms with Crippen molar-refractivity contribution in [2.45, 2.75) is 52.6 Å². The minimum Gasteiger partial charge on any atom is -0.378 e. The normalized spacial score (nSPS) is 17.2. The molecule has 7 heteroatoms. The first-order chi connectivity index (χ1) is 10.4. The number of anilines is 3. The lowest BCUT2D eigenvalue weighted by Gasteiger charge is -2.28. The molecule has 1 aliphatic heterocycles. The second kappa shape index (κ2) is 7.09. The molecular formula is C15H28N6O. The first-order valence-corrected chi connectivity index (χ1v) is 8.01. The fourth-order valence-corrected chi connectivity index (χ4v) is 2.05. The quantitative estimate of drug-likeness (QED) is 0.863. The molecule has 0 aliphatic carbocycles. The summed E-state index contributed by atoms with van der Waals surface area (Å²) in [4.78, 5) is 15.8. The number of rotatable bonds is 5. The number of nitrogens with one attached hydrogen (secondary N) is 2. The Bertz CT molecular complexity index is 481. The van der Waals surface area contributed by atoms with Crippen molar-refractivity contribution in [1.29, 1.82) is 0 Å². The predicted octanol–water partition coefficient (Wildman–Crippen LogP) is 2.13. The Morgan fingerprint density at radius 3 is 2.36 bits per heavy atom. The summed E-state index contributed by atoms with van der Waals surface area (Å²) in [7, 11) is 0. The van der Waals surface area contributed by atoms with Gasteiger partial charge in [0.1, 0.15) is 0 Å². The summed E-state index contributed by atoms with van der Waals surface area (Å²) in [5.41, 5.74) is -0.0999. The summed E-state index contributed by atoms with van der Waals surface area (Å²) in [5.74, 6) is 1.93. The van der Waals surface area contributed by atoms with Gasteiger partial charge in [0, 0.05) is 24.7 Å². The van der Waals surface area contributed by atoms with Crippen LogP contribution < -0.4 is 15.5 Å². The molecule has 0 radical (unpaired) electrons. The van der Waals surface area contributed by atoms with Crippen LogP contribution >= 0.6 is 0 Å². The van der Waals surface area contributed by atoms with Crippen LogP contribution in [-0.2, 0) is 4.74 Å². The van der Waals surface area contributed by atoms with Crippen molar-refractivity contribution >= 4 is 17.8 Å². The zero-order valence-corrected chi connectivity index (χ0v) is 14.3. The molecule has 0 saturated carbocycles. The molecule has 1 aliphatic rings. The summed E-state index contributed by atoms with van der Waals surface area (Å²) in [6.07, 6.45) is 1.01. The lowest BCUT2D eigenvalue weighted by Crippen LogP contribution is -2.38. The number of ether oxygens (including phenoxy) is 1. The van der Waals surface area contributed by atoms with Crippen LogP contribution in [0.3, 0.4) is 0 Å². The molecule has 0 bridgehead atoms. The zero-order chi connectivity index (χ0) is 16.2. The maximum Gasteiger partial charge on any atom is 0.232 e. The van der Waals surface area contributed by atoms with Crippen molar-refractivity contribution < 1.29 is 4.74 Å². The van der Waals surface area contributed by atoms with E-state index in [4.69, 9.17) is 4.74 Å². The van der Waals surface area contributed by atoms with Crippen molar-refractivity contribution in [3.8, 4) is 0 Å². The van der Waals surface area contributed by atoms with E-state index in [1.165, 1.54) is 0 Å². The SMILES string of the molecule is CC[C@H](C)Nc1nc(NC(C)(C)C)nc(N2CCOCC2)n1. The highest BCUT2D eigenvalue weighted by Crippen LogP contribution is 2.18. The van der Waals surface area contributed by atoms with E-state index >= 15 is 0 Å². The highest BCUT2D eigenvalue weighted by molar-refractivity contribution is 5.45. The van der Waals surface area contributed by atoms with E-state index in [1.54, 1.807) is 0 Å². The largest absolute Gasteiger partial charge is 0.378 e. The van der Waals surface area contributed by atoms with Crippen LogP contribution in [0.2, 0.25) is 0 Å². The Labute approximate surface area is 132 Å². The molecule has 0 amide bonds. The summed E-state index contributed by atoms with van der Waals surface area (Å²) >= 11 is 0. The Balaban J connectivity index is 2.26. The average molecular weight is 308 g/mol. The predicted molar refractivity (Wildman–Crippen MR) is 89.6 cm³/mol. The maximum atomic E-state index is 5.40. The summed E-state index contributed by atoms with van der Waals surface area (Å²) in [6.45, 7) is 13.6. The van der Waals surface area contributed by atoms with Gasteiger partial charge in [-0.25, -0.2) is 0 Å². The molecule has 1 saturated heterocycles. The van der Waals surface area contributed by atoms with E-state index in [9.17, 15) is 0 Å². The minimum absolute atomic E-state index is 0.0999. The molecule has 7 nitrogen and oxygen atoms in total. The molecule has 2 N–H and O–H groups in total. The number of hydrogen-bond acceptors (Lipinski definition) is 7. The average Bonchev–Trinajstić information content (AvgIpc) is 2.46. The molecule has 1 atom stereocenters. The van der Waals surface area contributed by atoms with Crippen LogP contribution in [0.4, 0.5) is 17.8 Å². The Morgan fingerprint density at radius 1 is 1.14 bits per heavy atom. The molecule has 0 unspecified atom stereocenters. The number of morpholine rings is 1. The lowest BCUT2D eigenvalue weighted by atomic mass is 10.1. The van der Waals surface area contributed by atoms with Gasteiger partial charge in [0.2, 0.25) is 17.8 Å². The van der Waals surface area contributed by atoms with Crippen LogP contribution in [-0.4, -0.2) is 52.8 Å². The molecule has 0 aromatic carbocycles. The van der Waals surface area contributed by atoms with Gasteiger partial charge in [-0.2, -0.15) is 15.0 Å². The molecule has 22 heavy (non-hydrogen) atoms. The third-order valence-electron chi connectivity index (χ3n) is 3.39. The van der Waals surface area contributed by atoms with Gasteiger partial charge in [-0.3, -0.25) is 0 Å². The standard InChI is InChI=1S/C15H28N6O/c1-6-11(2)16-12-17-13(20-15(3,4)5)19-14(18-12)21-7-9-22-10-8-21/h11H,6-10H2,1-5H3,(H2,16,17,18,19,20)/t11-/m0/s1. The molecule has 1 aromatic heterocycles. The van der Waals surface area contributed by atoms with Gasteiger partial charge in [0.15, 0.2) is 0 Å². The van der Waals surface area contributed by atoms with Gasteiger partial charge in [-0.15, -0.1) is 0 Å². The maximum absolute atomic E-state index is 5.40. The van der Waals surface area contributed by atoms with Crippen LogP contribution in [0.25, 0.3) is 0 Å². The van der Waals surface area contributed by atoms with E-state index in [-0.39, 0.29) is 5.54 Å². The van der Waals surface area contributed by atoms with Crippen molar-refractivity contribution in [3.05, 3.63) is 0 Å². The number of aromatic nitrogens is 3. The van der Waals surface area contributed by atoms with Gasteiger partial charge in [0.25, 0.3) is 0 Å².